The molecule has 2 saturated heterocycles. The Morgan fingerprint density at radius 1 is 1.15 bits per heavy atom. The maximum Gasteiger partial charge on any atom is 0.245 e. The van der Waals surface area contributed by atoms with E-state index in [1.165, 1.54) is 6.08 Å². The Bertz CT molecular complexity index is 673. The number of carbonyl (C=O) groups excluding carboxylic acids is 2. The quantitative estimate of drug-likeness (QED) is 0.779. The highest BCUT2D eigenvalue weighted by Crippen LogP contribution is 2.37. The van der Waals surface area contributed by atoms with Crippen molar-refractivity contribution < 1.29 is 14.3 Å². The van der Waals surface area contributed by atoms with Gasteiger partial charge in [-0.2, -0.15) is 0 Å². The summed E-state index contributed by atoms with van der Waals surface area (Å²) in [6.07, 6.45) is 6.13. The minimum atomic E-state index is -0.122. The van der Waals surface area contributed by atoms with Crippen LogP contribution in [-0.2, 0) is 9.59 Å². The number of nitrogens with zero attached hydrogens (tertiary/aromatic N) is 2. The Kier molecular flexibility index (Phi) is 5.96. The fourth-order valence-corrected chi connectivity index (χ4v) is 4.20. The molecule has 2 atom stereocenters. The van der Waals surface area contributed by atoms with Crippen LogP contribution in [0.2, 0.25) is 0 Å². The zero-order chi connectivity index (χ0) is 18.5. The molecule has 2 heterocycles. The maximum atomic E-state index is 13.3. The van der Waals surface area contributed by atoms with Gasteiger partial charge >= 0.3 is 0 Å². The van der Waals surface area contributed by atoms with Crippen molar-refractivity contribution in [2.75, 3.05) is 26.7 Å². The molecule has 2 amide bonds. The van der Waals surface area contributed by atoms with Crippen molar-refractivity contribution in [2.24, 2.45) is 5.92 Å². The summed E-state index contributed by atoms with van der Waals surface area (Å²) in [4.78, 5) is 29.0. The molecule has 0 bridgehead atoms. The van der Waals surface area contributed by atoms with Gasteiger partial charge in [0.2, 0.25) is 11.8 Å². The number of piperidine rings is 2. The summed E-state index contributed by atoms with van der Waals surface area (Å²) < 4.78 is 5.53. The summed E-state index contributed by atoms with van der Waals surface area (Å²) in [6.45, 7) is 5.55. The van der Waals surface area contributed by atoms with E-state index >= 15 is 0 Å². The molecule has 140 valence electrons. The van der Waals surface area contributed by atoms with Crippen LogP contribution in [0.5, 0.6) is 5.75 Å². The van der Waals surface area contributed by atoms with E-state index in [2.05, 4.69) is 12.6 Å². The van der Waals surface area contributed by atoms with E-state index < -0.39 is 0 Å². The molecule has 1 aromatic carbocycles. The number of hydrogen-bond acceptors (Lipinski definition) is 3. The van der Waals surface area contributed by atoms with Gasteiger partial charge in [-0.05, 0) is 44.2 Å². The van der Waals surface area contributed by atoms with Crippen molar-refractivity contribution in [1.82, 2.24) is 9.80 Å². The van der Waals surface area contributed by atoms with Crippen LogP contribution >= 0.6 is 0 Å². The van der Waals surface area contributed by atoms with Crippen LogP contribution in [0.1, 0.15) is 43.7 Å². The fourth-order valence-electron chi connectivity index (χ4n) is 4.20. The van der Waals surface area contributed by atoms with Crippen LogP contribution in [0, 0.1) is 5.92 Å². The second-order valence-corrected chi connectivity index (χ2v) is 7.11. The molecular weight excluding hydrogens is 328 g/mol. The minimum Gasteiger partial charge on any atom is -0.496 e. The van der Waals surface area contributed by atoms with Crippen LogP contribution in [-0.4, -0.2) is 48.4 Å². The van der Waals surface area contributed by atoms with Gasteiger partial charge in [-0.15, -0.1) is 0 Å². The van der Waals surface area contributed by atoms with E-state index in [4.69, 9.17) is 4.74 Å². The van der Waals surface area contributed by atoms with Crippen LogP contribution in [0.3, 0.4) is 0 Å². The molecule has 5 nitrogen and oxygen atoms in total. The van der Waals surface area contributed by atoms with Gasteiger partial charge in [-0.1, -0.05) is 24.8 Å². The Morgan fingerprint density at radius 3 is 2.73 bits per heavy atom. The number of ether oxygens (including phenoxy) is 1. The molecule has 0 saturated carbocycles. The average Bonchev–Trinajstić information content (AvgIpc) is 2.72. The second kappa shape index (κ2) is 8.39. The molecule has 2 aliphatic rings. The molecule has 0 spiro atoms. The monoisotopic (exact) mass is 356 g/mol. The number of methoxy groups -OCH3 is 1. The molecule has 0 N–H and O–H groups in total. The zero-order valence-corrected chi connectivity index (χ0v) is 15.5. The molecule has 2 unspecified atom stereocenters. The molecule has 0 radical (unpaired) electrons. The highest BCUT2D eigenvalue weighted by molar-refractivity contribution is 5.88. The summed E-state index contributed by atoms with van der Waals surface area (Å²) in [5.74, 6) is 0.803. The summed E-state index contributed by atoms with van der Waals surface area (Å²) in [6, 6.07) is 8.02. The maximum absolute atomic E-state index is 13.3. The van der Waals surface area contributed by atoms with Gasteiger partial charge in [0.1, 0.15) is 5.75 Å². The lowest BCUT2D eigenvalue weighted by Gasteiger charge is -2.40. The third kappa shape index (κ3) is 3.76. The van der Waals surface area contributed by atoms with E-state index in [1.807, 2.05) is 23.1 Å². The number of benzene rings is 1. The Morgan fingerprint density at radius 2 is 1.96 bits per heavy atom. The van der Waals surface area contributed by atoms with Gasteiger partial charge in [0.05, 0.1) is 19.1 Å². The number of carbonyl (C=O) groups is 2. The van der Waals surface area contributed by atoms with E-state index in [-0.39, 0.29) is 23.8 Å². The largest absolute Gasteiger partial charge is 0.496 e. The SMILES string of the molecule is C=CC(=O)N1CCCC(C(=O)N2CCCCC2c2ccccc2OC)C1. The van der Waals surface area contributed by atoms with E-state index in [1.54, 1.807) is 12.0 Å². The highest BCUT2D eigenvalue weighted by atomic mass is 16.5. The van der Waals surface area contributed by atoms with E-state index in [0.29, 0.717) is 13.1 Å². The third-order valence-electron chi connectivity index (χ3n) is 5.54. The standard InChI is InChI=1S/C21H28N2O3/c1-3-20(24)22-13-8-9-16(15-22)21(25)23-14-7-6-11-18(23)17-10-4-5-12-19(17)26-2/h3-5,10,12,16,18H,1,6-9,11,13-15H2,2H3. The molecule has 2 aliphatic heterocycles. The Labute approximate surface area is 155 Å². The average molecular weight is 356 g/mol. The van der Waals surface area contributed by atoms with Gasteiger partial charge in [-0.25, -0.2) is 0 Å². The molecule has 5 heteroatoms. The molecule has 3 rings (SSSR count). The predicted octanol–water partition coefficient (Wildman–Crippen LogP) is 3.17. The highest BCUT2D eigenvalue weighted by Gasteiger charge is 2.36. The molecule has 26 heavy (non-hydrogen) atoms. The van der Waals surface area contributed by atoms with Crippen molar-refractivity contribution in [1.29, 1.82) is 0 Å². The van der Waals surface area contributed by atoms with Crippen molar-refractivity contribution in [3.8, 4) is 5.75 Å². The molecule has 1 aromatic rings. The first-order chi connectivity index (χ1) is 12.7. The fraction of sp³-hybridized carbons (Fsp3) is 0.524. The summed E-state index contributed by atoms with van der Waals surface area (Å²) in [5.41, 5.74) is 1.08. The number of amides is 2. The van der Waals surface area contributed by atoms with Crippen molar-refractivity contribution in [3.63, 3.8) is 0 Å². The number of para-hydroxylation sites is 1. The van der Waals surface area contributed by atoms with Crippen LogP contribution in [0.25, 0.3) is 0 Å². The summed E-state index contributed by atoms with van der Waals surface area (Å²) in [7, 11) is 1.67. The first kappa shape index (κ1) is 18.5. The van der Waals surface area contributed by atoms with Crippen LogP contribution in [0.15, 0.2) is 36.9 Å². The van der Waals surface area contributed by atoms with Crippen LogP contribution < -0.4 is 4.74 Å². The number of rotatable bonds is 4. The first-order valence-electron chi connectivity index (χ1n) is 9.50. The van der Waals surface area contributed by atoms with Crippen molar-refractivity contribution >= 4 is 11.8 Å². The summed E-state index contributed by atoms with van der Waals surface area (Å²) in [5, 5.41) is 0. The lowest BCUT2D eigenvalue weighted by molar-refractivity contribution is -0.143. The van der Waals surface area contributed by atoms with Gasteiger partial charge in [0.15, 0.2) is 0 Å². The minimum absolute atomic E-state index is 0.0536. The molecular formula is C21H28N2O3. The van der Waals surface area contributed by atoms with E-state index in [0.717, 1.165) is 50.0 Å². The molecule has 2 fully saturated rings. The number of likely N-dealkylation sites (tertiary alicyclic amines) is 2. The number of hydrogen-bond donors (Lipinski definition) is 0. The first-order valence-corrected chi connectivity index (χ1v) is 9.50. The topological polar surface area (TPSA) is 49.9 Å². The van der Waals surface area contributed by atoms with E-state index in [9.17, 15) is 9.59 Å². The Balaban J connectivity index is 1.80. The van der Waals surface area contributed by atoms with Gasteiger partial charge in [0.25, 0.3) is 0 Å². The van der Waals surface area contributed by atoms with Crippen molar-refractivity contribution in [2.45, 2.75) is 38.1 Å². The van der Waals surface area contributed by atoms with Gasteiger partial charge in [0, 0.05) is 25.2 Å². The normalized spacial score (nSPS) is 23.4. The predicted molar refractivity (Wildman–Crippen MR) is 101 cm³/mol. The van der Waals surface area contributed by atoms with Gasteiger partial charge < -0.3 is 14.5 Å². The third-order valence-corrected chi connectivity index (χ3v) is 5.54. The second-order valence-electron chi connectivity index (χ2n) is 7.11. The Hall–Kier alpha value is -2.30. The summed E-state index contributed by atoms with van der Waals surface area (Å²) >= 11 is 0. The molecule has 0 aromatic heterocycles. The van der Waals surface area contributed by atoms with Crippen LogP contribution in [0.4, 0.5) is 0 Å². The molecule has 0 aliphatic carbocycles. The lowest BCUT2D eigenvalue weighted by Crippen LogP contribution is -2.48. The van der Waals surface area contributed by atoms with Crippen molar-refractivity contribution in [3.05, 3.63) is 42.5 Å². The smallest absolute Gasteiger partial charge is 0.245 e. The van der Waals surface area contributed by atoms with Gasteiger partial charge in [-0.3, -0.25) is 9.59 Å². The zero-order valence-electron chi connectivity index (χ0n) is 15.5. The lowest BCUT2D eigenvalue weighted by atomic mass is 9.90.